The van der Waals surface area contributed by atoms with Gasteiger partial charge in [0.25, 0.3) is 0 Å². The highest BCUT2D eigenvalue weighted by atomic mass is 32.3. The van der Waals surface area contributed by atoms with Gasteiger partial charge in [-0.15, -0.1) is 0 Å². The monoisotopic (exact) mass is 901 g/mol. The van der Waals surface area contributed by atoms with Crippen LogP contribution in [0, 0.1) is 0 Å². The van der Waals surface area contributed by atoms with Crippen molar-refractivity contribution in [3.63, 3.8) is 0 Å². The highest BCUT2D eigenvalue weighted by Crippen LogP contribution is 2.26. The molecule has 0 unspecified atom stereocenters. The third kappa shape index (κ3) is 26.9. The second-order valence-corrected chi connectivity index (χ2v) is 19.4. The summed E-state index contributed by atoms with van der Waals surface area (Å²) in [6.07, 6.45) is -4.85. The molecule has 2 aromatic rings. The van der Waals surface area contributed by atoms with E-state index in [9.17, 15) is 44.5 Å². The van der Waals surface area contributed by atoms with Crippen LogP contribution in [-0.2, 0) is 87.3 Å². The summed E-state index contributed by atoms with van der Waals surface area (Å²) in [5, 5.41) is 0. The number of esters is 2. The molecule has 2 aliphatic rings. The highest BCUT2D eigenvalue weighted by molar-refractivity contribution is 7.97. The Bertz CT molecular complexity index is 1470. The lowest BCUT2D eigenvalue weighted by atomic mass is 9.87. The molecule has 2 fully saturated rings. The topological polar surface area (TPSA) is 172 Å². The first-order chi connectivity index (χ1) is 26.1. The predicted octanol–water partition coefficient (Wildman–Crippen LogP) is 5.94. The number of carbonyl (C=O) groups excluding carboxylic acids is 2. The van der Waals surface area contributed by atoms with Gasteiger partial charge in [-0.05, 0) is 46.2 Å². The van der Waals surface area contributed by atoms with Crippen LogP contribution in [0.5, 0.6) is 0 Å². The molecule has 0 N–H and O–H groups in total. The molecular formula is C36H54F5O12S4+. The van der Waals surface area contributed by atoms with Gasteiger partial charge in [-0.1, -0.05) is 65.8 Å². The van der Waals surface area contributed by atoms with Crippen molar-refractivity contribution < 1.29 is 76.1 Å². The molecule has 0 spiro atoms. The molecule has 0 bridgehead atoms. The van der Waals surface area contributed by atoms with E-state index >= 15 is 0 Å². The van der Waals surface area contributed by atoms with E-state index in [0.29, 0.717) is 35.8 Å². The van der Waals surface area contributed by atoms with Gasteiger partial charge in [0.15, 0.2) is 9.79 Å². The van der Waals surface area contributed by atoms with Gasteiger partial charge in [0, 0.05) is 28.7 Å². The number of methoxy groups -OCH3 is 2. The van der Waals surface area contributed by atoms with Crippen LogP contribution in [-0.4, -0.2) is 116 Å². The molecule has 12 nitrogen and oxygen atoms in total. The Hall–Kier alpha value is -2.66. The van der Waals surface area contributed by atoms with Crippen LogP contribution in [0.3, 0.4) is 0 Å². The van der Waals surface area contributed by atoms with Crippen LogP contribution < -0.4 is 0 Å². The number of hydrogen-bond donors (Lipinski definition) is 0. The third-order valence-electron chi connectivity index (χ3n) is 7.17. The summed E-state index contributed by atoms with van der Waals surface area (Å²) < 4.78 is 122. The van der Waals surface area contributed by atoms with E-state index in [1.54, 1.807) is 0 Å². The number of carbonyl (C=O) groups is 2. The van der Waals surface area contributed by atoms with E-state index in [4.69, 9.17) is 17.9 Å². The molecule has 2 heterocycles. The Morgan fingerprint density at radius 2 is 0.895 bits per heavy atom. The normalized spacial score (nSPS) is 15.0. The van der Waals surface area contributed by atoms with Crippen molar-refractivity contribution in [3.8, 4) is 0 Å². The summed E-state index contributed by atoms with van der Waals surface area (Å²) in [5.74, 6) is -2.21. The van der Waals surface area contributed by atoms with E-state index in [1.807, 2.05) is 0 Å². The molecule has 4 rings (SSSR count). The van der Waals surface area contributed by atoms with E-state index in [1.165, 1.54) is 43.9 Å². The average Bonchev–Trinajstić information content (AvgIpc) is 3.14. The molecule has 0 radical (unpaired) electrons. The van der Waals surface area contributed by atoms with Crippen LogP contribution >= 0.6 is 0 Å². The maximum atomic E-state index is 11.6. The van der Waals surface area contributed by atoms with Crippen LogP contribution in [0.2, 0.25) is 0 Å². The summed E-state index contributed by atoms with van der Waals surface area (Å²) in [7, 11) is -1.15. The predicted molar refractivity (Wildman–Crippen MR) is 209 cm³/mol. The maximum Gasteiger partial charge on any atom is 0.490 e. The minimum Gasteiger partial charge on any atom is -0.726 e. The Balaban J connectivity index is 0. The first-order valence-corrected chi connectivity index (χ1v) is 22.0. The van der Waals surface area contributed by atoms with E-state index in [0.717, 1.165) is 40.6 Å². The van der Waals surface area contributed by atoms with Gasteiger partial charge in [0.05, 0.1) is 47.8 Å². The van der Waals surface area contributed by atoms with E-state index in [-0.39, 0.29) is 10.8 Å². The molecule has 0 aliphatic carbocycles. The molecule has 57 heavy (non-hydrogen) atoms. The fourth-order valence-electron chi connectivity index (χ4n) is 4.11. The van der Waals surface area contributed by atoms with Gasteiger partial charge in [0.1, 0.15) is 23.0 Å². The number of ether oxygens (including phenoxy) is 4. The van der Waals surface area contributed by atoms with Crippen molar-refractivity contribution in [2.24, 2.45) is 0 Å². The number of hydrogen-bond acceptors (Lipinski definition) is 12. The molecular weight excluding hydrogens is 848 g/mol. The Morgan fingerprint density at radius 1 is 0.632 bits per heavy atom. The lowest BCUT2D eigenvalue weighted by Crippen LogP contribution is -2.26. The number of alkyl halides is 5. The molecule has 0 saturated carbocycles. The van der Waals surface area contributed by atoms with Crippen molar-refractivity contribution in [2.45, 2.75) is 81.2 Å². The molecule has 2 saturated heterocycles. The minimum absolute atomic E-state index is 0.261. The summed E-state index contributed by atoms with van der Waals surface area (Å²) in [5.41, 5.74) is 3.37. The largest absolute Gasteiger partial charge is 0.726 e. The second kappa shape index (κ2) is 27.2. The second-order valence-electron chi connectivity index (χ2n) is 13.6. The average molecular weight is 902 g/mol. The van der Waals surface area contributed by atoms with Gasteiger partial charge < -0.3 is 23.5 Å². The molecule has 328 valence electrons. The van der Waals surface area contributed by atoms with Gasteiger partial charge in [-0.3, -0.25) is 4.18 Å². The molecule has 2 aliphatic heterocycles. The highest BCUT2D eigenvalue weighted by Gasteiger charge is 2.40. The summed E-state index contributed by atoms with van der Waals surface area (Å²) in [6.45, 7) is 17.8. The molecule has 0 atom stereocenters. The molecule has 2 aromatic carbocycles. The van der Waals surface area contributed by atoms with Gasteiger partial charge in [0.2, 0.25) is 10.4 Å². The van der Waals surface area contributed by atoms with Gasteiger partial charge in [-0.25, -0.2) is 18.0 Å². The van der Waals surface area contributed by atoms with Crippen LogP contribution in [0.1, 0.15) is 59.6 Å². The van der Waals surface area contributed by atoms with E-state index in [2.05, 4.69) is 104 Å². The lowest BCUT2D eigenvalue weighted by Gasteiger charge is -2.19. The molecule has 0 amide bonds. The van der Waals surface area contributed by atoms with Crippen molar-refractivity contribution in [3.05, 3.63) is 59.7 Å². The SMILES string of the molecule is CC(C)(C)c1ccc([S+]2CCOCC2)cc1.CC(C)(C)c1ccc([S+]2CCOCC2)cc1.COC(=O)C(C)(F)F.COC(=O)C(F)(F)F.COS(=O)(=O)[O-].O=S=O. The molecule has 21 heteroatoms. The van der Waals surface area contributed by atoms with Crippen LogP contribution in [0.4, 0.5) is 22.0 Å². The fourth-order valence-corrected chi connectivity index (χ4v) is 7.78. The summed E-state index contributed by atoms with van der Waals surface area (Å²) in [4.78, 5) is 22.4. The van der Waals surface area contributed by atoms with Crippen molar-refractivity contribution >= 4 is 55.7 Å². The Labute approximate surface area is 342 Å². The first-order valence-electron chi connectivity index (χ1n) is 16.8. The minimum atomic E-state index is -4.85. The Kier molecular flexibility index (Phi) is 26.9. The van der Waals surface area contributed by atoms with Crippen LogP contribution in [0.15, 0.2) is 58.3 Å². The van der Waals surface area contributed by atoms with Crippen molar-refractivity contribution in [2.75, 3.05) is 70.8 Å². The van der Waals surface area contributed by atoms with Crippen molar-refractivity contribution in [1.29, 1.82) is 0 Å². The molecule has 0 aromatic heterocycles. The Morgan fingerprint density at radius 3 is 1.04 bits per heavy atom. The fraction of sp³-hybridized carbons (Fsp3) is 0.611. The third-order valence-corrected chi connectivity index (χ3v) is 12.1. The maximum absolute atomic E-state index is 11.6. The quantitative estimate of drug-likeness (QED) is 0.117. The van der Waals surface area contributed by atoms with Crippen molar-refractivity contribution in [1.82, 2.24) is 0 Å². The van der Waals surface area contributed by atoms with E-state index < -0.39 is 46.0 Å². The lowest BCUT2D eigenvalue weighted by molar-refractivity contribution is -0.196. The standard InChI is InChI=1S/2C14H21OS.C4H6F2O2.C3H3F3O2.CH4O4S.O2S/c2*1-14(2,3)12-4-6-13(7-5-12)16-10-8-15-9-11-16;1-4(5,6)3(7)8-2;1-8-2(7)3(4,5)6;1-5-6(2,3)4;1-3-2/h2*4-7H,8-11H2,1-3H3;1-2H3;1H3;1H3,(H,2,3,4);/q2*+1;;;;/p-1. The summed E-state index contributed by atoms with van der Waals surface area (Å²) >= 11 is -0.750. The number of rotatable bonds is 4. The number of benzene rings is 2. The zero-order valence-corrected chi connectivity index (χ0v) is 37.0. The zero-order valence-electron chi connectivity index (χ0n) is 33.7. The number of halogens is 5. The van der Waals surface area contributed by atoms with Gasteiger partial charge in [-0.2, -0.15) is 30.4 Å². The van der Waals surface area contributed by atoms with Gasteiger partial charge >= 0.3 is 35.6 Å². The summed E-state index contributed by atoms with van der Waals surface area (Å²) in [6, 6.07) is 18.4. The zero-order chi connectivity index (χ0) is 44.7. The van der Waals surface area contributed by atoms with Crippen LogP contribution in [0.25, 0.3) is 0 Å². The first kappa shape index (κ1) is 56.4. The smallest absolute Gasteiger partial charge is 0.490 e.